The molecule has 0 spiro atoms. The Morgan fingerprint density at radius 2 is 2.07 bits per heavy atom. The summed E-state index contributed by atoms with van der Waals surface area (Å²) in [6.45, 7) is 1.71. The predicted molar refractivity (Wildman–Crippen MR) is 55.1 cm³/mol. The van der Waals surface area contributed by atoms with Crippen molar-refractivity contribution in [3.8, 4) is 0 Å². The van der Waals surface area contributed by atoms with Crippen LogP contribution in [-0.4, -0.2) is 38.0 Å². The number of aliphatic hydroxyl groups is 1. The van der Waals surface area contributed by atoms with Crippen LogP contribution in [0.4, 0.5) is 0 Å². The lowest BCUT2D eigenvalue weighted by Gasteiger charge is -2.48. The monoisotopic (exact) mass is 199 g/mol. The third kappa shape index (κ3) is 1.58. The lowest BCUT2D eigenvalue weighted by Crippen LogP contribution is -2.60. The zero-order valence-electron chi connectivity index (χ0n) is 8.96. The Balaban J connectivity index is 2.03. The van der Waals surface area contributed by atoms with Gasteiger partial charge in [-0.15, -0.1) is 0 Å². The van der Waals surface area contributed by atoms with E-state index in [1.807, 2.05) is 7.05 Å². The van der Waals surface area contributed by atoms with Crippen molar-refractivity contribution in [1.29, 1.82) is 0 Å². The lowest BCUT2D eigenvalue weighted by atomic mass is 9.72. The van der Waals surface area contributed by atoms with E-state index in [1.165, 1.54) is 25.7 Å². The lowest BCUT2D eigenvalue weighted by molar-refractivity contribution is -0.162. The fourth-order valence-corrected chi connectivity index (χ4v) is 3.07. The third-order valence-corrected chi connectivity index (χ3v) is 3.94. The van der Waals surface area contributed by atoms with Crippen molar-refractivity contribution in [3.05, 3.63) is 0 Å². The Labute approximate surface area is 85.8 Å². The molecule has 1 atom stereocenters. The highest BCUT2D eigenvalue weighted by Crippen LogP contribution is 2.40. The molecule has 1 aliphatic heterocycles. The molecular weight excluding hydrogens is 178 g/mol. The van der Waals surface area contributed by atoms with Crippen LogP contribution >= 0.6 is 0 Å². The largest absolute Gasteiger partial charge is 0.396 e. The summed E-state index contributed by atoms with van der Waals surface area (Å²) in [6.07, 6.45) is 5.33. The minimum atomic E-state index is 0.0176. The zero-order valence-corrected chi connectivity index (χ0v) is 8.96. The summed E-state index contributed by atoms with van der Waals surface area (Å²) in [4.78, 5) is 0. The van der Waals surface area contributed by atoms with E-state index in [9.17, 15) is 5.11 Å². The van der Waals surface area contributed by atoms with E-state index in [2.05, 4.69) is 5.32 Å². The summed E-state index contributed by atoms with van der Waals surface area (Å²) in [6, 6.07) is 0.448. The fraction of sp³-hybridized carbons (Fsp3) is 1.00. The van der Waals surface area contributed by atoms with Crippen LogP contribution in [0, 0.1) is 11.3 Å². The van der Waals surface area contributed by atoms with E-state index in [-0.39, 0.29) is 12.0 Å². The molecule has 1 aliphatic carbocycles. The quantitative estimate of drug-likeness (QED) is 0.703. The summed E-state index contributed by atoms with van der Waals surface area (Å²) in [5, 5.41) is 12.9. The van der Waals surface area contributed by atoms with Crippen molar-refractivity contribution >= 4 is 0 Å². The summed E-state index contributed by atoms with van der Waals surface area (Å²) >= 11 is 0. The van der Waals surface area contributed by atoms with E-state index in [1.54, 1.807) is 0 Å². The molecule has 2 rings (SSSR count). The molecule has 0 aromatic carbocycles. The van der Waals surface area contributed by atoms with E-state index in [4.69, 9.17) is 4.74 Å². The molecule has 2 N–H and O–H groups in total. The number of ether oxygens (including phenoxy) is 1. The maximum atomic E-state index is 9.48. The van der Waals surface area contributed by atoms with Gasteiger partial charge in [-0.2, -0.15) is 0 Å². The van der Waals surface area contributed by atoms with Gasteiger partial charge in [0, 0.05) is 6.04 Å². The minimum absolute atomic E-state index is 0.0176. The molecule has 0 aromatic heterocycles. The molecule has 0 amide bonds. The molecule has 3 nitrogen and oxygen atoms in total. The Morgan fingerprint density at radius 1 is 1.43 bits per heavy atom. The van der Waals surface area contributed by atoms with Crippen molar-refractivity contribution < 1.29 is 9.84 Å². The van der Waals surface area contributed by atoms with Crippen molar-refractivity contribution in [2.45, 2.75) is 31.7 Å². The van der Waals surface area contributed by atoms with Crippen LogP contribution in [0.3, 0.4) is 0 Å². The minimum Gasteiger partial charge on any atom is -0.396 e. The van der Waals surface area contributed by atoms with E-state index in [0.717, 1.165) is 19.1 Å². The van der Waals surface area contributed by atoms with Gasteiger partial charge in [0.15, 0.2) is 0 Å². The van der Waals surface area contributed by atoms with Crippen LogP contribution in [-0.2, 0) is 4.74 Å². The standard InChI is InChI=1S/C11H21NO2/c1-12-10(9-4-2-3-5-9)11(6-13)7-14-8-11/h9-10,12-13H,2-8H2,1H3. The molecule has 1 saturated heterocycles. The first-order valence-electron chi connectivity index (χ1n) is 5.68. The number of nitrogens with one attached hydrogen (secondary N) is 1. The molecule has 2 aliphatic rings. The van der Waals surface area contributed by atoms with Gasteiger partial charge in [0.1, 0.15) is 0 Å². The van der Waals surface area contributed by atoms with E-state index >= 15 is 0 Å². The maximum Gasteiger partial charge on any atom is 0.0582 e. The van der Waals surface area contributed by atoms with Crippen LogP contribution in [0.2, 0.25) is 0 Å². The smallest absolute Gasteiger partial charge is 0.0582 e. The Bertz CT molecular complexity index is 180. The van der Waals surface area contributed by atoms with Gasteiger partial charge in [0.25, 0.3) is 0 Å². The molecule has 3 heteroatoms. The summed E-state index contributed by atoms with van der Waals surface area (Å²) in [5.74, 6) is 0.746. The van der Waals surface area contributed by atoms with Gasteiger partial charge in [-0.1, -0.05) is 12.8 Å². The maximum absolute atomic E-state index is 9.48. The van der Waals surface area contributed by atoms with Crippen LogP contribution < -0.4 is 5.32 Å². The fourth-order valence-electron chi connectivity index (χ4n) is 3.07. The van der Waals surface area contributed by atoms with Gasteiger partial charge in [0.2, 0.25) is 0 Å². The molecule has 0 radical (unpaired) electrons. The average Bonchev–Trinajstić information content (AvgIpc) is 2.63. The molecule has 1 heterocycles. The van der Waals surface area contributed by atoms with Gasteiger partial charge >= 0.3 is 0 Å². The molecule has 1 unspecified atom stereocenters. The predicted octanol–water partition coefficient (Wildman–Crippen LogP) is 0.773. The highest BCUT2D eigenvalue weighted by Gasteiger charge is 2.48. The van der Waals surface area contributed by atoms with Crippen molar-refractivity contribution in [1.82, 2.24) is 5.32 Å². The van der Waals surface area contributed by atoms with E-state index < -0.39 is 0 Å². The number of aliphatic hydroxyl groups excluding tert-OH is 1. The Hall–Kier alpha value is -0.120. The second kappa shape index (κ2) is 4.17. The second-order valence-electron chi connectivity index (χ2n) is 4.82. The molecule has 82 valence electrons. The first-order valence-corrected chi connectivity index (χ1v) is 5.68. The molecule has 1 saturated carbocycles. The summed E-state index contributed by atoms with van der Waals surface area (Å²) in [7, 11) is 2.01. The third-order valence-electron chi connectivity index (χ3n) is 3.94. The van der Waals surface area contributed by atoms with Crippen LogP contribution in [0.15, 0.2) is 0 Å². The van der Waals surface area contributed by atoms with Crippen molar-refractivity contribution in [2.24, 2.45) is 11.3 Å². The Morgan fingerprint density at radius 3 is 2.43 bits per heavy atom. The highest BCUT2D eigenvalue weighted by atomic mass is 16.5. The van der Waals surface area contributed by atoms with Crippen molar-refractivity contribution in [3.63, 3.8) is 0 Å². The van der Waals surface area contributed by atoms with Gasteiger partial charge in [-0.3, -0.25) is 0 Å². The molecule has 0 bridgehead atoms. The number of rotatable bonds is 4. The highest BCUT2D eigenvalue weighted by molar-refractivity contribution is 4.99. The first kappa shape index (κ1) is 10.4. The normalized spacial score (nSPS) is 28.7. The number of hydrogen-bond donors (Lipinski definition) is 2. The molecule has 2 fully saturated rings. The summed E-state index contributed by atoms with van der Waals surface area (Å²) < 4.78 is 5.27. The van der Waals surface area contributed by atoms with E-state index in [0.29, 0.717) is 6.04 Å². The molecule has 0 aromatic rings. The van der Waals surface area contributed by atoms with Crippen LogP contribution in [0.25, 0.3) is 0 Å². The Kier molecular flexibility index (Phi) is 3.10. The topological polar surface area (TPSA) is 41.5 Å². The second-order valence-corrected chi connectivity index (χ2v) is 4.82. The first-order chi connectivity index (χ1) is 6.82. The number of hydrogen-bond acceptors (Lipinski definition) is 3. The van der Waals surface area contributed by atoms with Crippen LogP contribution in [0.5, 0.6) is 0 Å². The van der Waals surface area contributed by atoms with Gasteiger partial charge in [-0.25, -0.2) is 0 Å². The van der Waals surface area contributed by atoms with Gasteiger partial charge in [-0.05, 0) is 25.8 Å². The van der Waals surface area contributed by atoms with Gasteiger partial charge in [0.05, 0.1) is 25.2 Å². The SMILES string of the molecule is CNC(C1CCCC1)C1(CO)COC1. The molecule has 14 heavy (non-hydrogen) atoms. The zero-order chi connectivity index (χ0) is 10.0. The van der Waals surface area contributed by atoms with Crippen LogP contribution in [0.1, 0.15) is 25.7 Å². The average molecular weight is 199 g/mol. The summed E-state index contributed by atoms with van der Waals surface area (Å²) in [5.41, 5.74) is 0.0176. The van der Waals surface area contributed by atoms with Crippen molar-refractivity contribution in [2.75, 3.05) is 26.9 Å². The van der Waals surface area contributed by atoms with Gasteiger partial charge < -0.3 is 15.2 Å². The molecular formula is C11H21NO2.